The summed E-state index contributed by atoms with van der Waals surface area (Å²) < 4.78 is 0. The lowest BCUT2D eigenvalue weighted by molar-refractivity contribution is -0.0883. The minimum absolute atomic E-state index is 1.06. The Labute approximate surface area is 59.7 Å². The van der Waals surface area contributed by atoms with Crippen LogP contribution < -0.4 is 0 Å². The summed E-state index contributed by atoms with van der Waals surface area (Å²) in [6.45, 7) is 4.39. The summed E-state index contributed by atoms with van der Waals surface area (Å²) in [5.41, 5.74) is 0. The van der Waals surface area contributed by atoms with Crippen LogP contribution in [0.15, 0.2) is 0 Å². The standard InChI is InChI=1S/C6H13O4/c1-3(7)5(9)6(10)4(2)8/h3-10H,1H2,2H3. The van der Waals surface area contributed by atoms with Crippen molar-refractivity contribution < 1.29 is 20.4 Å². The molecule has 0 bridgehead atoms. The van der Waals surface area contributed by atoms with Crippen LogP contribution in [-0.4, -0.2) is 44.8 Å². The summed E-state index contributed by atoms with van der Waals surface area (Å²) in [7, 11) is 0. The van der Waals surface area contributed by atoms with E-state index in [-0.39, 0.29) is 0 Å². The van der Waals surface area contributed by atoms with E-state index in [9.17, 15) is 0 Å². The first-order chi connectivity index (χ1) is 4.46. The molecular formula is C6H13O4. The predicted octanol–water partition coefficient (Wildman–Crippen LogP) is -1.72. The number of aliphatic hydroxyl groups excluding tert-OH is 4. The van der Waals surface area contributed by atoms with Crippen LogP contribution in [0.2, 0.25) is 0 Å². The highest BCUT2D eigenvalue weighted by molar-refractivity contribution is 4.79. The smallest absolute Gasteiger partial charge is 0.108 e. The van der Waals surface area contributed by atoms with Crippen molar-refractivity contribution in [2.45, 2.75) is 31.3 Å². The first-order valence-corrected chi connectivity index (χ1v) is 3.02. The van der Waals surface area contributed by atoms with Crippen LogP contribution >= 0.6 is 0 Å². The van der Waals surface area contributed by atoms with Gasteiger partial charge in [-0.2, -0.15) is 0 Å². The van der Waals surface area contributed by atoms with Crippen molar-refractivity contribution >= 4 is 0 Å². The van der Waals surface area contributed by atoms with E-state index in [0.717, 1.165) is 0 Å². The largest absolute Gasteiger partial charge is 0.391 e. The highest BCUT2D eigenvalue weighted by Gasteiger charge is 2.24. The minimum atomic E-state index is -1.39. The number of rotatable bonds is 3. The Hall–Kier alpha value is -0.160. The fourth-order valence-corrected chi connectivity index (χ4v) is 0.513. The molecular weight excluding hydrogens is 136 g/mol. The van der Waals surface area contributed by atoms with Crippen LogP contribution in [0.25, 0.3) is 0 Å². The van der Waals surface area contributed by atoms with Crippen molar-refractivity contribution in [1.82, 2.24) is 0 Å². The number of aliphatic hydroxyl groups is 4. The van der Waals surface area contributed by atoms with Gasteiger partial charge in [-0.15, -0.1) is 0 Å². The van der Waals surface area contributed by atoms with E-state index >= 15 is 0 Å². The van der Waals surface area contributed by atoms with Crippen LogP contribution in [-0.2, 0) is 0 Å². The van der Waals surface area contributed by atoms with Gasteiger partial charge in [-0.25, -0.2) is 0 Å². The van der Waals surface area contributed by atoms with Crippen LogP contribution in [0.1, 0.15) is 6.92 Å². The molecule has 0 amide bonds. The molecule has 61 valence electrons. The molecule has 0 rings (SSSR count). The highest BCUT2D eigenvalue weighted by Crippen LogP contribution is 2.02. The van der Waals surface area contributed by atoms with Crippen LogP contribution in [0, 0.1) is 6.92 Å². The highest BCUT2D eigenvalue weighted by atomic mass is 16.4. The summed E-state index contributed by atoms with van der Waals surface area (Å²) in [6, 6.07) is 0. The fourth-order valence-electron chi connectivity index (χ4n) is 0.513. The Kier molecular flexibility index (Phi) is 3.81. The van der Waals surface area contributed by atoms with Gasteiger partial charge in [0.1, 0.15) is 12.2 Å². The van der Waals surface area contributed by atoms with E-state index in [0.29, 0.717) is 0 Å². The van der Waals surface area contributed by atoms with Gasteiger partial charge < -0.3 is 20.4 Å². The van der Waals surface area contributed by atoms with E-state index in [4.69, 9.17) is 20.4 Å². The van der Waals surface area contributed by atoms with Crippen molar-refractivity contribution in [3.05, 3.63) is 6.92 Å². The Morgan fingerprint density at radius 2 is 1.40 bits per heavy atom. The molecule has 0 spiro atoms. The second-order valence-electron chi connectivity index (χ2n) is 2.29. The Morgan fingerprint density at radius 3 is 1.50 bits per heavy atom. The molecule has 4 atom stereocenters. The monoisotopic (exact) mass is 149 g/mol. The molecule has 0 aromatic rings. The van der Waals surface area contributed by atoms with Gasteiger partial charge in [0.15, 0.2) is 0 Å². The molecule has 4 unspecified atom stereocenters. The van der Waals surface area contributed by atoms with Gasteiger partial charge in [-0.3, -0.25) is 0 Å². The topological polar surface area (TPSA) is 80.9 Å². The summed E-state index contributed by atoms with van der Waals surface area (Å²) >= 11 is 0. The average molecular weight is 149 g/mol. The molecule has 0 heterocycles. The normalized spacial score (nSPS) is 23.4. The second kappa shape index (κ2) is 3.88. The van der Waals surface area contributed by atoms with Gasteiger partial charge in [0, 0.05) is 0 Å². The van der Waals surface area contributed by atoms with E-state index in [1.54, 1.807) is 0 Å². The molecule has 4 heteroatoms. The van der Waals surface area contributed by atoms with Gasteiger partial charge in [0.2, 0.25) is 0 Å². The fraction of sp³-hybridized carbons (Fsp3) is 0.833. The van der Waals surface area contributed by atoms with Crippen molar-refractivity contribution in [3.8, 4) is 0 Å². The van der Waals surface area contributed by atoms with Crippen LogP contribution in [0.3, 0.4) is 0 Å². The molecule has 0 aliphatic carbocycles. The lowest BCUT2D eigenvalue weighted by Crippen LogP contribution is -2.42. The molecule has 0 aliphatic heterocycles. The van der Waals surface area contributed by atoms with Crippen molar-refractivity contribution in [2.24, 2.45) is 0 Å². The second-order valence-corrected chi connectivity index (χ2v) is 2.29. The molecule has 4 N–H and O–H groups in total. The van der Waals surface area contributed by atoms with E-state index in [1.807, 2.05) is 0 Å². The minimum Gasteiger partial charge on any atom is -0.391 e. The zero-order valence-electron chi connectivity index (χ0n) is 5.81. The SMILES string of the molecule is [CH2]C(O)C(O)C(O)C(C)O. The van der Waals surface area contributed by atoms with Gasteiger partial charge in [-0.1, -0.05) is 0 Å². The zero-order valence-corrected chi connectivity index (χ0v) is 5.81. The summed E-state index contributed by atoms with van der Waals surface area (Å²) in [5.74, 6) is 0. The molecule has 4 nitrogen and oxygen atoms in total. The molecule has 0 saturated heterocycles. The van der Waals surface area contributed by atoms with E-state index in [1.165, 1.54) is 6.92 Å². The predicted molar refractivity (Wildman–Crippen MR) is 35.1 cm³/mol. The van der Waals surface area contributed by atoms with E-state index < -0.39 is 24.4 Å². The Bertz CT molecular complexity index is 79.7. The Morgan fingerprint density at radius 1 is 1.00 bits per heavy atom. The van der Waals surface area contributed by atoms with Crippen molar-refractivity contribution in [3.63, 3.8) is 0 Å². The van der Waals surface area contributed by atoms with Gasteiger partial charge in [0.05, 0.1) is 12.2 Å². The summed E-state index contributed by atoms with van der Waals surface area (Å²) in [5, 5.41) is 35.0. The average Bonchev–Trinajstić information content (AvgIpc) is 1.84. The molecule has 10 heavy (non-hydrogen) atoms. The van der Waals surface area contributed by atoms with E-state index in [2.05, 4.69) is 6.92 Å². The first-order valence-electron chi connectivity index (χ1n) is 3.02. The number of hydrogen-bond donors (Lipinski definition) is 4. The van der Waals surface area contributed by atoms with Crippen molar-refractivity contribution in [2.75, 3.05) is 0 Å². The molecule has 0 aliphatic rings. The molecule has 0 aromatic carbocycles. The van der Waals surface area contributed by atoms with Gasteiger partial charge >= 0.3 is 0 Å². The lowest BCUT2D eigenvalue weighted by atomic mass is 10.1. The first kappa shape index (κ1) is 9.84. The molecule has 0 aromatic heterocycles. The molecule has 0 saturated carbocycles. The summed E-state index contributed by atoms with van der Waals surface area (Å²) in [6.07, 6.45) is -5.07. The Balaban J connectivity index is 3.81. The summed E-state index contributed by atoms with van der Waals surface area (Å²) in [4.78, 5) is 0. The maximum atomic E-state index is 8.87. The molecule has 0 fully saturated rings. The molecule has 1 radical (unpaired) electrons. The number of hydrogen-bond acceptors (Lipinski definition) is 4. The van der Waals surface area contributed by atoms with Gasteiger partial charge in [0.25, 0.3) is 0 Å². The zero-order chi connectivity index (χ0) is 8.31. The van der Waals surface area contributed by atoms with Gasteiger partial charge in [-0.05, 0) is 13.8 Å². The lowest BCUT2D eigenvalue weighted by Gasteiger charge is -2.21. The van der Waals surface area contributed by atoms with Crippen LogP contribution in [0.5, 0.6) is 0 Å². The third-order valence-corrected chi connectivity index (χ3v) is 1.24. The quantitative estimate of drug-likeness (QED) is 0.385. The third kappa shape index (κ3) is 2.62. The maximum absolute atomic E-state index is 8.87. The van der Waals surface area contributed by atoms with Crippen LogP contribution in [0.4, 0.5) is 0 Å². The maximum Gasteiger partial charge on any atom is 0.108 e. The van der Waals surface area contributed by atoms with Crippen molar-refractivity contribution in [1.29, 1.82) is 0 Å². The third-order valence-electron chi connectivity index (χ3n) is 1.24.